The minimum absolute atomic E-state index is 0.0702. The molecule has 3 heterocycles. The molecule has 146 valence electrons. The van der Waals surface area contributed by atoms with Crippen LogP contribution in [0.5, 0.6) is 0 Å². The average Bonchev–Trinajstić information content (AvgIpc) is 3.03. The molecule has 2 fully saturated rings. The molecule has 0 unspecified atom stereocenters. The maximum Gasteiger partial charge on any atom is 0.251 e. The second-order valence-electron chi connectivity index (χ2n) is 7.88. The van der Waals surface area contributed by atoms with Crippen LogP contribution in [0.2, 0.25) is 0 Å². The number of hydrogen-bond acceptors (Lipinski definition) is 4. The van der Waals surface area contributed by atoms with Gasteiger partial charge in [0.05, 0.1) is 0 Å². The summed E-state index contributed by atoms with van der Waals surface area (Å²) in [6.07, 6.45) is 4.26. The third-order valence-corrected chi connectivity index (χ3v) is 6.00. The number of aromatic nitrogens is 1. The van der Waals surface area contributed by atoms with Gasteiger partial charge in [0.2, 0.25) is 5.91 Å². The van der Waals surface area contributed by atoms with Crippen LogP contribution in [-0.4, -0.2) is 48.4 Å². The predicted molar refractivity (Wildman–Crippen MR) is 108 cm³/mol. The Labute approximate surface area is 165 Å². The maximum absolute atomic E-state index is 12.6. The molecule has 28 heavy (non-hydrogen) atoms. The smallest absolute Gasteiger partial charge is 0.251 e. The van der Waals surface area contributed by atoms with Gasteiger partial charge in [-0.25, -0.2) is 4.98 Å². The molecule has 0 saturated carbocycles. The van der Waals surface area contributed by atoms with Gasteiger partial charge < -0.3 is 15.1 Å². The molecular weight excluding hydrogens is 352 g/mol. The summed E-state index contributed by atoms with van der Waals surface area (Å²) in [5.41, 5.74) is 1.87. The molecular formula is C22H26N4O2. The summed E-state index contributed by atoms with van der Waals surface area (Å²) in [4.78, 5) is 33.2. The summed E-state index contributed by atoms with van der Waals surface area (Å²) in [6.45, 7) is 3.24. The van der Waals surface area contributed by atoms with Gasteiger partial charge in [0.25, 0.3) is 5.91 Å². The van der Waals surface area contributed by atoms with Crippen LogP contribution >= 0.6 is 0 Å². The highest BCUT2D eigenvalue weighted by Crippen LogP contribution is 2.42. The van der Waals surface area contributed by atoms with Crippen molar-refractivity contribution in [2.24, 2.45) is 5.41 Å². The highest BCUT2D eigenvalue weighted by atomic mass is 16.2. The fourth-order valence-corrected chi connectivity index (χ4v) is 4.35. The molecule has 4 rings (SSSR count). The van der Waals surface area contributed by atoms with Crippen LogP contribution in [0.4, 0.5) is 5.82 Å². The zero-order valence-electron chi connectivity index (χ0n) is 16.2. The summed E-state index contributed by atoms with van der Waals surface area (Å²) in [6, 6.07) is 13.8. The molecule has 2 aliphatic heterocycles. The molecule has 0 bridgehead atoms. The molecule has 2 saturated heterocycles. The summed E-state index contributed by atoms with van der Waals surface area (Å²) < 4.78 is 0. The van der Waals surface area contributed by atoms with Crippen molar-refractivity contribution in [2.75, 3.05) is 31.6 Å². The minimum atomic E-state index is -0.102. The van der Waals surface area contributed by atoms with Gasteiger partial charge in [0.15, 0.2) is 0 Å². The maximum atomic E-state index is 12.6. The minimum Gasteiger partial charge on any atom is -0.357 e. The van der Waals surface area contributed by atoms with Crippen molar-refractivity contribution in [1.82, 2.24) is 15.2 Å². The molecule has 1 N–H and O–H groups in total. The van der Waals surface area contributed by atoms with Crippen LogP contribution < -0.4 is 10.2 Å². The quantitative estimate of drug-likeness (QED) is 0.888. The van der Waals surface area contributed by atoms with Gasteiger partial charge >= 0.3 is 0 Å². The third kappa shape index (κ3) is 3.72. The van der Waals surface area contributed by atoms with Crippen molar-refractivity contribution in [2.45, 2.75) is 25.8 Å². The summed E-state index contributed by atoms with van der Waals surface area (Å²) in [7, 11) is 1.63. The first-order chi connectivity index (χ1) is 13.6. The highest BCUT2D eigenvalue weighted by Gasteiger charge is 2.44. The second-order valence-corrected chi connectivity index (χ2v) is 7.88. The molecule has 2 amide bonds. The van der Waals surface area contributed by atoms with Crippen LogP contribution in [0.25, 0.3) is 0 Å². The van der Waals surface area contributed by atoms with E-state index in [1.54, 1.807) is 19.3 Å². The van der Waals surface area contributed by atoms with E-state index in [9.17, 15) is 9.59 Å². The van der Waals surface area contributed by atoms with Crippen molar-refractivity contribution in [3.05, 3.63) is 59.8 Å². The van der Waals surface area contributed by atoms with Crippen molar-refractivity contribution in [3.8, 4) is 0 Å². The van der Waals surface area contributed by atoms with Crippen LogP contribution in [0.15, 0.2) is 48.7 Å². The molecule has 0 radical (unpaired) electrons. The number of carbonyl (C=O) groups excluding carboxylic acids is 2. The predicted octanol–water partition coefficient (Wildman–Crippen LogP) is 2.46. The molecule has 2 aliphatic rings. The number of benzene rings is 1. The largest absolute Gasteiger partial charge is 0.357 e. The van der Waals surface area contributed by atoms with Gasteiger partial charge in [-0.15, -0.1) is 0 Å². The van der Waals surface area contributed by atoms with Crippen molar-refractivity contribution >= 4 is 17.6 Å². The topological polar surface area (TPSA) is 65.5 Å². The number of rotatable bonds is 4. The van der Waals surface area contributed by atoms with E-state index in [-0.39, 0.29) is 17.2 Å². The first kappa shape index (κ1) is 18.5. The van der Waals surface area contributed by atoms with Crippen LogP contribution in [0.3, 0.4) is 0 Å². The number of likely N-dealkylation sites (tertiary alicyclic amines) is 1. The number of anilines is 1. The number of amides is 2. The number of nitrogens with one attached hydrogen (secondary N) is 1. The van der Waals surface area contributed by atoms with Crippen LogP contribution in [-0.2, 0) is 11.3 Å². The zero-order chi connectivity index (χ0) is 19.6. The molecule has 2 aromatic rings. The van der Waals surface area contributed by atoms with Gasteiger partial charge in [-0.05, 0) is 30.5 Å². The van der Waals surface area contributed by atoms with Gasteiger partial charge in [-0.2, -0.15) is 0 Å². The molecule has 1 spiro atoms. The van der Waals surface area contributed by atoms with E-state index in [0.717, 1.165) is 38.3 Å². The SMILES string of the molecule is CNC(=O)c1ccnc(N2CCC3(CC2)CC(=O)N(Cc2ccccc2)C3)c1. The highest BCUT2D eigenvalue weighted by molar-refractivity contribution is 5.94. The van der Waals surface area contributed by atoms with Crippen LogP contribution in [0, 0.1) is 5.41 Å². The van der Waals surface area contributed by atoms with Crippen LogP contribution in [0.1, 0.15) is 35.2 Å². The van der Waals surface area contributed by atoms with Gasteiger partial charge in [0.1, 0.15) is 5.82 Å². The van der Waals surface area contributed by atoms with E-state index in [0.29, 0.717) is 18.5 Å². The van der Waals surface area contributed by atoms with E-state index in [4.69, 9.17) is 0 Å². The Morgan fingerprint density at radius 1 is 1.18 bits per heavy atom. The molecule has 1 aromatic carbocycles. The van der Waals surface area contributed by atoms with E-state index in [1.165, 1.54) is 5.56 Å². The molecule has 6 nitrogen and oxygen atoms in total. The lowest BCUT2D eigenvalue weighted by Gasteiger charge is -2.39. The molecule has 6 heteroatoms. The van der Waals surface area contributed by atoms with Crippen molar-refractivity contribution < 1.29 is 9.59 Å². The molecule has 0 atom stereocenters. The van der Waals surface area contributed by atoms with Gasteiger partial charge in [-0.3, -0.25) is 9.59 Å². The first-order valence-electron chi connectivity index (χ1n) is 9.83. The fraction of sp³-hybridized carbons (Fsp3) is 0.409. The molecule has 1 aromatic heterocycles. The third-order valence-electron chi connectivity index (χ3n) is 6.00. The first-order valence-corrected chi connectivity index (χ1v) is 9.83. The number of nitrogens with zero attached hydrogens (tertiary/aromatic N) is 3. The lowest BCUT2D eigenvalue weighted by molar-refractivity contribution is -0.128. The number of pyridine rings is 1. The summed E-state index contributed by atoms with van der Waals surface area (Å²) >= 11 is 0. The lowest BCUT2D eigenvalue weighted by Crippen LogP contribution is -2.42. The Morgan fingerprint density at radius 2 is 1.93 bits per heavy atom. The molecule has 0 aliphatic carbocycles. The fourth-order valence-electron chi connectivity index (χ4n) is 4.35. The summed E-state index contributed by atoms with van der Waals surface area (Å²) in [5, 5.41) is 2.65. The van der Waals surface area contributed by atoms with E-state index in [1.807, 2.05) is 29.2 Å². The van der Waals surface area contributed by atoms with Gasteiger partial charge in [0, 0.05) is 56.8 Å². The van der Waals surface area contributed by atoms with E-state index in [2.05, 4.69) is 27.3 Å². The second kappa shape index (κ2) is 7.62. The Morgan fingerprint density at radius 3 is 2.64 bits per heavy atom. The Kier molecular flexibility index (Phi) is 5.03. The Balaban J connectivity index is 1.40. The monoisotopic (exact) mass is 378 g/mol. The average molecular weight is 378 g/mol. The Bertz CT molecular complexity index is 860. The van der Waals surface area contributed by atoms with Crippen molar-refractivity contribution in [3.63, 3.8) is 0 Å². The van der Waals surface area contributed by atoms with Gasteiger partial charge in [-0.1, -0.05) is 30.3 Å². The summed E-state index contributed by atoms with van der Waals surface area (Å²) in [5.74, 6) is 0.994. The van der Waals surface area contributed by atoms with Crippen molar-refractivity contribution in [1.29, 1.82) is 0 Å². The zero-order valence-corrected chi connectivity index (χ0v) is 16.2. The number of hydrogen-bond donors (Lipinski definition) is 1. The van der Waals surface area contributed by atoms with E-state index >= 15 is 0 Å². The number of piperidine rings is 1. The normalized spacial score (nSPS) is 18.5. The standard InChI is InChI=1S/C22H26N4O2/c1-23-21(28)18-7-10-24-19(13-18)25-11-8-22(9-12-25)14-20(27)26(16-22)15-17-5-3-2-4-6-17/h2-7,10,13H,8-9,11-12,14-16H2,1H3,(H,23,28). The van der Waals surface area contributed by atoms with E-state index < -0.39 is 0 Å². The number of carbonyl (C=O) groups is 2. The lowest BCUT2D eigenvalue weighted by atomic mass is 9.77. The Hall–Kier alpha value is -2.89.